The van der Waals surface area contributed by atoms with Crippen LogP contribution >= 0.6 is 23.3 Å². The van der Waals surface area contributed by atoms with E-state index in [9.17, 15) is 4.79 Å². The van der Waals surface area contributed by atoms with Gasteiger partial charge < -0.3 is 19.7 Å². The maximum Gasteiger partial charge on any atom is 0.248 e. The Morgan fingerprint density at radius 3 is 2.70 bits per heavy atom. The molecule has 4 aromatic rings. The molecule has 37 heavy (non-hydrogen) atoms. The van der Waals surface area contributed by atoms with Gasteiger partial charge in [0.2, 0.25) is 11.0 Å². The number of rotatable bonds is 9. The van der Waals surface area contributed by atoms with Crippen LogP contribution in [0.1, 0.15) is 24.6 Å². The van der Waals surface area contributed by atoms with Crippen molar-refractivity contribution in [1.29, 1.82) is 0 Å². The van der Waals surface area contributed by atoms with Crippen molar-refractivity contribution in [1.82, 2.24) is 24.2 Å². The molecule has 190 valence electrons. The van der Waals surface area contributed by atoms with Gasteiger partial charge in [-0.05, 0) is 37.1 Å². The van der Waals surface area contributed by atoms with Crippen molar-refractivity contribution in [3.05, 3.63) is 72.8 Å². The Balaban J connectivity index is 1.30. The highest BCUT2D eigenvalue weighted by Gasteiger charge is 2.26. The number of hydrogen-bond acceptors (Lipinski definition) is 10. The zero-order valence-electron chi connectivity index (χ0n) is 20.2. The summed E-state index contributed by atoms with van der Waals surface area (Å²) in [7, 11) is 1.54. The Labute approximate surface area is 223 Å². The van der Waals surface area contributed by atoms with E-state index in [-0.39, 0.29) is 18.4 Å². The summed E-state index contributed by atoms with van der Waals surface area (Å²) in [6.07, 6.45) is 5.20. The summed E-state index contributed by atoms with van der Waals surface area (Å²) >= 11 is 2.80. The van der Waals surface area contributed by atoms with Crippen molar-refractivity contribution >= 4 is 40.2 Å². The number of ether oxygens (including phenoxy) is 2. The molecule has 0 atom stereocenters. The lowest BCUT2D eigenvalue weighted by Gasteiger charge is -2.30. The molecule has 0 spiro atoms. The van der Waals surface area contributed by atoms with Crippen molar-refractivity contribution in [2.45, 2.75) is 28.7 Å². The van der Waals surface area contributed by atoms with Crippen LogP contribution < -0.4 is 10.1 Å². The molecule has 1 fully saturated rings. The van der Waals surface area contributed by atoms with E-state index in [1.165, 1.54) is 30.4 Å². The number of benzene rings is 1. The molecule has 0 aliphatic carbocycles. The SMILES string of the molecule is COCC(=O)N1CCC(c2nsc(Nc3ncc(Sc4ccccn4)cc3Oc3ccccc3)n2)CC1. The number of para-hydroxylation sites is 1. The number of carbonyl (C=O) groups excluding carboxylic acids is 1. The van der Waals surface area contributed by atoms with Crippen LogP contribution in [-0.2, 0) is 9.53 Å². The maximum atomic E-state index is 12.1. The highest BCUT2D eigenvalue weighted by atomic mass is 32.2. The molecule has 1 N–H and O–H groups in total. The second-order valence-corrected chi connectivity index (χ2v) is 10.2. The van der Waals surface area contributed by atoms with E-state index in [1.54, 1.807) is 12.4 Å². The number of amides is 1. The summed E-state index contributed by atoms with van der Waals surface area (Å²) in [5.74, 6) is 2.87. The lowest BCUT2D eigenvalue weighted by atomic mass is 9.96. The third kappa shape index (κ3) is 6.62. The molecule has 4 heterocycles. The smallest absolute Gasteiger partial charge is 0.248 e. The zero-order valence-corrected chi connectivity index (χ0v) is 21.9. The van der Waals surface area contributed by atoms with Crippen LogP contribution in [0.15, 0.2) is 76.9 Å². The van der Waals surface area contributed by atoms with Crippen molar-refractivity contribution in [2.24, 2.45) is 0 Å². The largest absolute Gasteiger partial charge is 0.453 e. The van der Waals surface area contributed by atoms with Crippen LogP contribution in [0.5, 0.6) is 11.5 Å². The van der Waals surface area contributed by atoms with Gasteiger partial charge in [0.1, 0.15) is 23.2 Å². The quantitative estimate of drug-likeness (QED) is 0.304. The number of carbonyl (C=O) groups is 1. The van der Waals surface area contributed by atoms with Crippen LogP contribution in [0.3, 0.4) is 0 Å². The molecule has 1 amide bonds. The molecule has 1 aromatic carbocycles. The predicted molar refractivity (Wildman–Crippen MR) is 143 cm³/mol. The molecule has 9 nitrogen and oxygen atoms in total. The molecule has 3 aromatic heterocycles. The van der Waals surface area contributed by atoms with Crippen molar-refractivity contribution in [3.8, 4) is 11.5 Å². The Hall–Kier alpha value is -3.54. The first-order valence-corrected chi connectivity index (χ1v) is 13.5. The first-order chi connectivity index (χ1) is 18.2. The van der Waals surface area contributed by atoms with Gasteiger partial charge in [-0.15, -0.1) is 0 Å². The zero-order chi connectivity index (χ0) is 25.5. The molecule has 0 saturated carbocycles. The van der Waals surface area contributed by atoms with Gasteiger partial charge in [0, 0.05) is 61.0 Å². The fourth-order valence-corrected chi connectivity index (χ4v) is 5.37. The van der Waals surface area contributed by atoms with E-state index in [1.807, 2.05) is 59.5 Å². The Morgan fingerprint density at radius 2 is 1.95 bits per heavy atom. The van der Waals surface area contributed by atoms with E-state index in [4.69, 9.17) is 14.5 Å². The molecule has 1 aliphatic heterocycles. The van der Waals surface area contributed by atoms with Crippen molar-refractivity contribution in [3.63, 3.8) is 0 Å². The van der Waals surface area contributed by atoms with Gasteiger partial charge in [-0.1, -0.05) is 36.0 Å². The highest BCUT2D eigenvalue weighted by Crippen LogP contribution is 2.36. The van der Waals surface area contributed by atoms with Crippen LogP contribution in [0, 0.1) is 0 Å². The maximum absolute atomic E-state index is 12.1. The molecule has 11 heteroatoms. The minimum Gasteiger partial charge on any atom is -0.453 e. The van der Waals surface area contributed by atoms with Gasteiger partial charge >= 0.3 is 0 Å². The number of pyridine rings is 2. The van der Waals surface area contributed by atoms with E-state index in [0.29, 0.717) is 35.5 Å². The minimum absolute atomic E-state index is 0.0243. The number of aromatic nitrogens is 4. The van der Waals surface area contributed by atoms with Gasteiger partial charge in [0.15, 0.2) is 11.6 Å². The number of anilines is 2. The molecular formula is C26H26N6O3S2. The average molecular weight is 535 g/mol. The number of methoxy groups -OCH3 is 1. The van der Waals surface area contributed by atoms with E-state index < -0.39 is 0 Å². The van der Waals surface area contributed by atoms with Crippen LogP contribution in [-0.4, -0.2) is 56.9 Å². The van der Waals surface area contributed by atoms with Crippen molar-refractivity contribution < 1.29 is 14.3 Å². The number of nitrogens with one attached hydrogen (secondary N) is 1. The van der Waals surface area contributed by atoms with Gasteiger partial charge in [0.05, 0.1) is 0 Å². The van der Waals surface area contributed by atoms with Gasteiger partial charge in [-0.2, -0.15) is 4.37 Å². The Bertz CT molecular complexity index is 1310. The number of nitrogens with zero attached hydrogens (tertiary/aromatic N) is 5. The lowest BCUT2D eigenvalue weighted by molar-refractivity contribution is -0.136. The second-order valence-electron chi connectivity index (χ2n) is 8.37. The van der Waals surface area contributed by atoms with E-state index in [0.717, 1.165) is 28.6 Å². The van der Waals surface area contributed by atoms with Gasteiger partial charge in [0.25, 0.3) is 0 Å². The number of likely N-dealkylation sites (tertiary alicyclic amines) is 1. The van der Waals surface area contributed by atoms with Gasteiger partial charge in [-0.25, -0.2) is 15.0 Å². The van der Waals surface area contributed by atoms with Crippen LogP contribution in [0.4, 0.5) is 10.9 Å². The molecule has 0 radical (unpaired) electrons. The summed E-state index contributed by atoms with van der Waals surface area (Å²) in [6.45, 7) is 1.48. The Kier molecular flexibility index (Phi) is 8.24. The van der Waals surface area contributed by atoms with Crippen LogP contribution in [0.2, 0.25) is 0 Å². The normalized spacial score (nSPS) is 13.9. The van der Waals surface area contributed by atoms with E-state index in [2.05, 4.69) is 19.7 Å². The average Bonchev–Trinajstić information content (AvgIpc) is 3.40. The summed E-state index contributed by atoms with van der Waals surface area (Å²) in [4.78, 5) is 28.6. The second kappa shape index (κ2) is 12.1. The fourth-order valence-electron chi connectivity index (χ4n) is 3.95. The minimum atomic E-state index is 0.0243. The standard InChI is InChI=1S/C26H26N6O3S2/c1-34-17-23(33)32-13-10-18(11-14-32)24-29-26(37-31-24)30-25-21(35-19-7-3-2-4-8-19)15-20(16-28-25)36-22-9-5-6-12-27-22/h2-9,12,15-16,18H,10-11,13-14,17H2,1H3,(H,28,29,30,31). The highest BCUT2D eigenvalue weighted by molar-refractivity contribution is 7.99. The third-order valence-electron chi connectivity index (χ3n) is 5.81. The van der Waals surface area contributed by atoms with Gasteiger partial charge in [-0.3, -0.25) is 4.79 Å². The molecule has 1 aliphatic rings. The van der Waals surface area contributed by atoms with Crippen molar-refractivity contribution in [2.75, 3.05) is 32.1 Å². The number of piperidine rings is 1. The lowest BCUT2D eigenvalue weighted by Crippen LogP contribution is -2.39. The summed E-state index contributed by atoms with van der Waals surface area (Å²) in [5.41, 5.74) is 0. The fraction of sp³-hybridized carbons (Fsp3) is 0.269. The third-order valence-corrected chi connectivity index (χ3v) is 7.36. The summed E-state index contributed by atoms with van der Waals surface area (Å²) in [6, 6.07) is 17.3. The molecular weight excluding hydrogens is 508 g/mol. The molecule has 0 unspecified atom stereocenters. The molecule has 0 bridgehead atoms. The predicted octanol–water partition coefficient (Wildman–Crippen LogP) is 5.37. The van der Waals surface area contributed by atoms with E-state index >= 15 is 0 Å². The molecule has 5 rings (SSSR count). The molecule has 1 saturated heterocycles. The number of hydrogen-bond donors (Lipinski definition) is 1. The summed E-state index contributed by atoms with van der Waals surface area (Å²) < 4.78 is 15.7. The topological polar surface area (TPSA) is 102 Å². The Morgan fingerprint density at radius 1 is 1.14 bits per heavy atom. The van der Waals surface area contributed by atoms with Crippen LogP contribution in [0.25, 0.3) is 0 Å². The first kappa shape index (κ1) is 25.1. The monoisotopic (exact) mass is 534 g/mol. The first-order valence-electron chi connectivity index (χ1n) is 11.9. The summed E-state index contributed by atoms with van der Waals surface area (Å²) in [5, 5.41) is 4.81.